The van der Waals surface area contributed by atoms with Crippen molar-refractivity contribution in [3.05, 3.63) is 182 Å². The predicted octanol–water partition coefficient (Wildman–Crippen LogP) is 13.1. The second-order valence-electron chi connectivity index (χ2n) is 13.3. The third kappa shape index (κ3) is 4.19. The van der Waals surface area contributed by atoms with Crippen LogP contribution in [-0.2, 0) is 0 Å². The van der Waals surface area contributed by atoms with Crippen LogP contribution in [0.5, 0.6) is 0 Å². The molecular weight excluding hydrogens is 621 g/mol. The molecule has 0 atom stereocenters. The lowest BCUT2D eigenvalue weighted by Crippen LogP contribution is -1.99. The van der Waals surface area contributed by atoms with Crippen LogP contribution >= 0.6 is 0 Å². The topological polar surface area (TPSA) is 23.0 Å². The number of rotatable bonds is 4. The largest absolute Gasteiger partial charge is 0.456 e. The molecule has 3 nitrogen and oxygen atoms in total. The third-order valence-corrected chi connectivity index (χ3v) is 10.5. The first-order valence-corrected chi connectivity index (χ1v) is 17.4. The van der Waals surface area contributed by atoms with Gasteiger partial charge in [-0.15, -0.1) is 0 Å². The van der Waals surface area contributed by atoms with E-state index in [4.69, 9.17) is 4.42 Å². The lowest BCUT2D eigenvalue weighted by atomic mass is 10.0. The monoisotopic (exact) mass is 650 g/mol. The molecule has 0 aliphatic rings. The van der Waals surface area contributed by atoms with E-state index in [9.17, 15) is 0 Å². The van der Waals surface area contributed by atoms with Gasteiger partial charge in [-0.1, -0.05) is 127 Å². The molecule has 0 bridgehead atoms. The van der Waals surface area contributed by atoms with Gasteiger partial charge in [0, 0.05) is 43.7 Å². The van der Waals surface area contributed by atoms with Gasteiger partial charge in [0.1, 0.15) is 11.2 Å². The van der Waals surface area contributed by atoms with Gasteiger partial charge in [-0.05, 0) is 76.9 Å². The van der Waals surface area contributed by atoms with Crippen molar-refractivity contribution in [2.24, 2.45) is 0 Å². The van der Waals surface area contributed by atoms with Gasteiger partial charge in [0.2, 0.25) is 0 Å². The number of fused-ring (bicyclic) bond motifs is 10. The Kier molecular flexibility index (Phi) is 5.96. The minimum atomic E-state index is 0.908. The van der Waals surface area contributed by atoms with E-state index in [0.717, 1.165) is 44.4 Å². The Morgan fingerprint density at radius 1 is 0.294 bits per heavy atom. The highest BCUT2D eigenvalue weighted by Crippen LogP contribution is 2.42. The minimum Gasteiger partial charge on any atom is -0.456 e. The van der Waals surface area contributed by atoms with Crippen molar-refractivity contribution in [1.82, 2.24) is 9.13 Å². The average molecular weight is 651 g/mol. The molecule has 51 heavy (non-hydrogen) atoms. The van der Waals surface area contributed by atoms with Gasteiger partial charge in [-0.3, -0.25) is 0 Å². The number of hydrogen-bond acceptors (Lipinski definition) is 1. The number of benzene rings is 8. The lowest BCUT2D eigenvalue weighted by molar-refractivity contribution is 0.669. The number of para-hydroxylation sites is 3. The molecule has 8 aromatic carbocycles. The van der Waals surface area contributed by atoms with Crippen molar-refractivity contribution in [3.8, 4) is 33.6 Å². The summed E-state index contributed by atoms with van der Waals surface area (Å²) in [6.07, 6.45) is 0. The van der Waals surface area contributed by atoms with Crippen molar-refractivity contribution in [2.75, 3.05) is 0 Å². The van der Waals surface area contributed by atoms with Gasteiger partial charge in [-0.25, -0.2) is 0 Å². The molecule has 0 aliphatic carbocycles. The predicted molar refractivity (Wildman–Crippen MR) is 213 cm³/mol. The lowest BCUT2D eigenvalue weighted by Gasteiger charge is -2.14. The first kappa shape index (κ1) is 28.0. The zero-order chi connectivity index (χ0) is 33.5. The van der Waals surface area contributed by atoms with Crippen LogP contribution in [0.3, 0.4) is 0 Å². The zero-order valence-corrected chi connectivity index (χ0v) is 27.6. The van der Waals surface area contributed by atoms with Gasteiger partial charge in [0.25, 0.3) is 0 Å². The highest BCUT2D eigenvalue weighted by atomic mass is 16.3. The first-order chi connectivity index (χ1) is 25.3. The standard InChI is InChI=1S/C48H30N2O/c1-2-11-31(12-3-1)32-21-24-35(25-22-32)49-43-18-7-4-15-37(43)40-26-27-41-38-16-5-8-19-44(38)50(48(41)47(40)49)36-14-10-13-33(29-36)34-23-28-46-42(30-34)39-17-6-9-20-45(39)51-46/h1-30H. The Hall–Kier alpha value is -6.84. The molecule has 11 aromatic rings. The summed E-state index contributed by atoms with van der Waals surface area (Å²) < 4.78 is 11.1. The maximum absolute atomic E-state index is 6.16. The van der Waals surface area contributed by atoms with E-state index in [0.29, 0.717) is 0 Å². The maximum Gasteiger partial charge on any atom is 0.135 e. The average Bonchev–Trinajstić information content (AvgIpc) is 3.86. The van der Waals surface area contributed by atoms with Gasteiger partial charge in [0.15, 0.2) is 0 Å². The van der Waals surface area contributed by atoms with Crippen LogP contribution in [0.1, 0.15) is 0 Å². The summed E-state index contributed by atoms with van der Waals surface area (Å²) in [7, 11) is 0. The van der Waals surface area contributed by atoms with E-state index in [1.807, 2.05) is 12.1 Å². The van der Waals surface area contributed by atoms with Crippen molar-refractivity contribution in [2.45, 2.75) is 0 Å². The zero-order valence-electron chi connectivity index (χ0n) is 27.6. The molecule has 238 valence electrons. The summed E-state index contributed by atoms with van der Waals surface area (Å²) in [5, 5.41) is 7.23. The van der Waals surface area contributed by atoms with Crippen LogP contribution in [0.15, 0.2) is 186 Å². The summed E-state index contributed by atoms with van der Waals surface area (Å²) in [5.41, 5.74) is 13.6. The number of furan rings is 1. The molecule has 3 heterocycles. The summed E-state index contributed by atoms with van der Waals surface area (Å²) in [6.45, 7) is 0. The summed E-state index contributed by atoms with van der Waals surface area (Å²) in [5.74, 6) is 0. The van der Waals surface area contributed by atoms with E-state index in [1.54, 1.807) is 0 Å². The molecule has 11 rings (SSSR count). The van der Waals surface area contributed by atoms with E-state index in [-0.39, 0.29) is 0 Å². The first-order valence-electron chi connectivity index (χ1n) is 17.4. The minimum absolute atomic E-state index is 0.908. The van der Waals surface area contributed by atoms with Crippen LogP contribution in [-0.4, -0.2) is 9.13 Å². The second kappa shape index (κ2) is 10.8. The van der Waals surface area contributed by atoms with Crippen molar-refractivity contribution >= 4 is 65.6 Å². The van der Waals surface area contributed by atoms with Gasteiger partial charge < -0.3 is 13.6 Å². The fraction of sp³-hybridized carbons (Fsp3) is 0. The van der Waals surface area contributed by atoms with Gasteiger partial charge in [0.05, 0.1) is 22.1 Å². The fourth-order valence-electron chi connectivity index (χ4n) is 8.20. The third-order valence-electron chi connectivity index (χ3n) is 10.5. The quantitative estimate of drug-likeness (QED) is 0.186. The Bertz CT molecular complexity index is 3120. The van der Waals surface area contributed by atoms with Crippen LogP contribution in [0.2, 0.25) is 0 Å². The van der Waals surface area contributed by atoms with Gasteiger partial charge >= 0.3 is 0 Å². The van der Waals surface area contributed by atoms with E-state index >= 15 is 0 Å². The van der Waals surface area contributed by atoms with Crippen LogP contribution in [0, 0.1) is 0 Å². The summed E-state index contributed by atoms with van der Waals surface area (Å²) in [6, 6.07) is 65.6. The van der Waals surface area contributed by atoms with Gasteiger partial charge in [-0.2, -0.15) is 0 Å². The highest BCUT2D eigenvalue weighted by molar-refractivity contribution is 6.23. The highest BCUT2D eigenvalue weighted by Gasteiger charge is 2.21. The molecular formula is C48H30N2O. The van der Waals surface area contributed by atoms with Crippen molar-refractivity contribution in [1.29, 1.82) is 0 Å². The van der Waals surface area contributed by atoms with Crippen LogP contribution in [0.25, 0.3) is 99.2 Å². The molecule has 0 saturated carbocycles. The normalized spacial score (nSPS) is 11.9. The van der Waals surface area contributed by atoms with Crippen molar-refractivity contribution in [3.63, 3.8) is 0 Å². The molecule has 0 saturated heterocycles. The van der Waals surface area contributed by atoms with E-state index in [2.05, 4.69) is 179 Å². The molecule has 0 fully saturated rings. The summed E-state index contributed by atoms with van der Waals surface area (Å²) >= 11 is 0. The number of nitrogens with zero attached hydrogens (tertiary/aromatic N) is 2. The van der Waals surface area contributed by atoms with E-state index < -0.39 is 0 Å². The molecule has 0 N–H and O–H groups in total. The van der Waals surface area contributed by atoms with Crippen LogP contribution in [0.4, 0.5) is 0 Å². The molecule has 3 aromatic heterocycles. The van der Waals surface area contributed by atoms with E-state index in [1.165, 1.54) is 54.7 Å². The Morgan fingerprint density at radius 2 is 0.824 bits per heavy atom. The maximum atomic E-state index is 6.16. The Labute approximate surface area is 293 Å². The smallest absolute Gasteiger partial charge is 0.135 e. The number of aromatic nitrogens is 2. The SMILES string of the molecule is c1ccc(-c2ccc(-n3c4ccccc4c4ccc5c6ccccc6n(-c6cccc(-c7ccc8oc9ccccc9c8c7)c6)c5c43)cc2)cc1. The molecule has 0 radical (unpaired) electrons. The molecule has 3 heteroatoms. The van der Waals surface area contributed by atoms with Crippen LogP contribution < -0.4 is 0 Å². The summed E-state index contributed by atoms with van der Waals surface area (Å²) in [4.78, 5) is 0. The second-order valence-corrected chi connectivity index (χ2v) is 13.3. The Morgan fingerprint density at radius 3 is 1.55 bits per heavy atom. The molecule has 0 amide bonds. The molecule has 0 spiro atoms. The molecule has 0 unspecified atom stereocenters. The number of hydrogen-bond donors (Lipinski definition) is 0. The van der Waals surface area contributed by atoms with Crippen molar-refractivity contribution < 1.29 is 4.42 Å². The fourth-order valence-corrected chi connectivity index (χ4v) is 8.20. The Balaban J connectivity index is 1.18. The molecule has 0 aliphatic heterocycles.